The van der Waals surface area contributed by atoms with Gasteiger partial charge in [0.1, 0.15) is 5.78 Å². The van der Waals surface area contributed by atoms with Crippen LogP contribution in [0.2, 0.25) is 0 Å². The molecule has 0 aliphatic rings. The summed E-state index contributed by atoms with van der Waals surface area (Å²) in [5.41, 5.74) is 2.37. The first-order valence-corrected chi connectivity index (χ1v) is 8.62. The maximum Gasteiger partial charge on any atom is 0.331 e. The van der Waals surface area contributed by atoms with E-state index in [4.69, 9.17) is 16.3 Å². The molecule has 0 aliphatic carbocycles. The van der Waals surface area contributed by atoms with Crippen LogP contribution in [0.5, 0.6) is 0 Å². The number of Topliss-reactive ketones (excluding diaryl/α,β-unsaturated/α-hetero) is 1. The minimum absolute atomic E-state index is 0.0779. The molecule has 0 aromatic heterocycles. The van der Waals surface area contributed by atoms with E-state index in [-0.39, 0.29) is 24.7 Å². The number of alkyl halides is 1. The third-order valence-corrected chi connectivity index (χ3v) is 3.81. The molecule has 0 heterocycles. The molecule has 0 bridgehead atoms. The highest BCUT2D eigenvalue weighted by atomic mass is 35.5. The molecule has 0 fully saturated rings. The van der Waals surface area contributed by atoms with Crippen LogP contribution in [0.25, 0.3) is 0 Å². The first-order chi connectivity index (χ1) is 12.2. The van der Waals surface area contributed by atoms with Gasteiger partial charge < -0.3 is 4.74 Å². The van der Waals surface area contributed by atoms with Crippen molar-refractivity contribution in [2.24, 2.45) is 4.99 Å². The van der Waals surface area contributed by atoms with E-state index in [1.807, 2.05) is 60.7 Å². The number of carbonyl (C=O) groups excluding carboxylic acids is 2. The highest BCUT2D eigenvalue weighted by Gasteiger charge is 2.23. The molecule has 0 spiro atoms. The Labute approximate surface area is 152 Å². The minimum atomic E-state index is -0.915. The Morgan fingerprint density at radius 3 is 1.96 bits per heavy atom. The van der Waals surface area contributed by atoms with Gasteiger partial charge in [0.2, 0.25) is 0 Å². The van der Waals surface area contributed by atoms with E-state index in [1.165, 1.54) is 0 Å². The molecule has 1 unspecified atom stereocenters. The SMILES string of the molecule is CCOC(=O)C(CC(=O)CCl)N=C(c1ccccc1)c1ccccc1. The zero-order valence-electron chi connectivity index (χ0n) is 14.0. The number of nitrogens with zero attached hydrogens (tertiary/aromatic N) is 1. The van der Waals surface area contributed by atoms with Crippen molar-refractivity contribution in [1.82, 2.24) is 0 Å². The van der Waals surface area contributed by atoms with Gasteiger partial charge >= 0.3 is 5.97 Å². The number of esters is 1. The zero-order chi connectivity index (χ0) is 18.1. The maximum atomic E-state index is 12.3. The highest BCUT2D eigenvalue weighted by molar-refractivity contribution is 6.27. The summed E-state index contributed by atoms with van der Waals surface area (Å²) in [6.07, 6.45) is -0.0779. The number of aliphatic imine (C=N–C) groups is 1. The first kappa shape index (κ1) is 18.9. The van der Waals surface area contributed by atoms with Crippen molar-refractivity contribution in [2.45, 2.75) is 19.4 Å². The molecule has 0 aliphatic heterocycles. The third kappa shape index (κ3) is 5.54. The van der Waals surface area contributed by atoms with Crippen molar-refractivity contribution in [1.29, 1.82) is 0 Å². The molecule has 2 aromatic rings. The molecule has 5 heteroatoms. The number of rotatable bonds is 8. The van der Waals surface area contributed by atoms with Crippen LogP contribution in [0.15, 0.2) is 65.7 Å². The maximum absolute atomic E-state index is 12.3. The molecule has 2 aromatic carbocycles. The third-order valence-electron chi connectivity index (χ3n) is 3.51. The van der Waals surface area contributed by atoms with E-state index in [0.29, 0.717) is 5.71 Å². The first-order valence-electron chi connectivity index (χ1n) is 8.08. The van der Waals surface area contributed by atoms with Gasteiger partial charge in [-0.05, 0) is 6.92 Å². The van der Waals surface area contributed by atoms with Crippen LogP contribution < -0.4 is 0 Å². The van der Waals surface area contributed by atoms with Gasteiger partial charge in [-0.1, -0.05) is 60.7 Å². The lowest BCUT2D eigenvalue weighted by Gasteiger charge is -2.14. The van der Waals surface area contributed by atoms with Crippen LogP contribution >= 0.6 is 11.6 Å². The van der Waals surface area contributed by atoms with Crippen LogP contribution in [0.4, 0.5) is 0 Å². The van der Waals surface area contributed by atoms with E-state index in [9.17, 15) is 9.59 Å². The lowest BCUT2D eigenvalue weighted by molar-refractivity contribution is -0.145. The Bertz CT molecular complexity index is 688. The van der Waals surface area contributed by atoms with E-state index in [2.05, 4.69) is 4.99 Å². The topological polar surface area (TPSA) is 55.7 Å². The van der Waals surface area contributed by atoms with Gasteiger partial charge in [-0.15, -0.1) is 11.6 Å². The minimum Gasteiger partial charge on any atom is -0.464 e. The second kappa shape index (κ2) is 9.74. The Hall–Kier alpha value is -2.46. The summed E-state index contributed by atoms with van der Waals surface area (Å²) < 4.78 is 5.08. The van der Waals surface area contributed by atoms with Crippen molar-refractivity contribution in [3.63, 3.8) is 0 Å². The van der Waals surface area contributed by atoms with E-state index >= 15 is 0 Å². The number of hydrogen-bond donors (Lipinski definition) is 0. The van der Waals surface area contributed by atoms with Gasteiger partial charge in [0.05, 0.1) is 18.2 Å². The van der Waals surface area contributed by atoms with Gasteiger partial charge in [0.25, 0.3) is 0 Å². The van der Waals surface area contributed by atoms with Crippen molar-refractivity contribution in [2.75, 3.05) is 12.5 Å². The molecule has 0 saturated heterocycles. The Balaban J connectivity index is 2.47. The molecule has 1 atom stereocenters. The lowest BCUT2D eigenvalue weighted by atomic mass is 10.0. The lowest BCUT2D eigenvalue weighted by Crippen LogP contribution is -2.27. The van der Waals surface area contributed by atoms with Crippen molar-refractivity contribution < 1.29 is 14.3 Å². The average Bonchev–Trinajstić information content (AvgIpc) is 2.66. The van der Waals surface area contributed by atoms with Gasteiger partial charge in [-0.2, -0.15) is 0 Å². The quantitative estimate of drug-likeness (QED) is 0.411. The van der Waals surface area contributed by atoms with Crippen LogP contribution in [0, 0.1) is 0 Å². The fourth-order valence-electron chi connectivity index (χ4n) is 2.35. The van der Waals surface area contributed by atoms with Gasteiger partial charge in [-0.25, -0.2) is 4.79 Å². The molecule has 130 valence electrons. The van der Waals surface area contributed by atoms with E-state index < -0.39 is 12.0 Å². The van der Waals surface area contributed by atoms with E-state index in [0.717, 1.165) is 11.1 Å². The summed E-state index contributed by atoms with van der Waals surface area (Å²) in [5, 5.41) is 0. The highest BCUT2D eigenvalue weighted by Crippen LogP contribution is 2.14. The van der Waals surface area contributed by atoms with E-state index in [1.54, 1.807) is 6.92 Å². The molecule has 25 heavy (non-hydrogen) atoms. The summed E-state index contributed by atoms with van der Waals surface area (Å²) in [6.45, 7) is 1.95. The molecule has 0 N–H and O–H groups in total. The number of hydrogen-bond acceptors (Lipinski definition) is 4. The van der Waals surface area contributed by atoms with Gasteiger partial charge in [0.15, 0.2) is 6.04 Å². The van der Waals surface area contributed by atoms with Gasteiger partial charge in [0, 0.05) is 17.5 Å². The molecule has 2 rings (SSSR count). The summed E-state index contributed by atoms with van der Waals surface area (Å²) >= 11 is 5.60. The monoisotopic (exact) mass is 357 g/mol. The summed E-state index contributed by atoms with van der Waals surface area (Å²) in [7, 11) is 0. The van der Waals surface area contributed by atoms with Crippen LogP contribution in [0.3, 0.4) is 0 Å². The number of halogens is 1. The number of ketones is 1. The predicted molar refractivity (Wildman–Crippen MR) is 99.3 cm³/mol. The van der Waals surface area contributed by atoms with Crippen molar-refractivity contribution in [3.05, 3.63) is 71.8 Å². The van der Waals surface area contributed by atoms with Crippen LogP contribution in [-0.2, 0) is 14.3 Å². The molecular formula is C20H20ClNO3. The second-order valence-corrected chi connectivity index (χ2v) is 5.62. The average molecular weight is 358 g/mol. The Kier molecular flexibility index (Phi) is 7.36. The number of ether oxygens (including phenoxy) is 1. The molecule has 0 saturated carbocycles. The Morgan fingerprint density at radius 1 is 1.00 bits per heavy atom. The van der Waals surface area contributed by atoms with Gasteiger partial charge in [-0.3, -0.25) is 9.79 Å². The standard InChI is InChI=1S/C20H20ClNO3/c1-2-25-20(24)18(13-17(23)14-21)22-19(15-9-5-3-6-10-15)16-11-7-4-8-12-16/h3-12,18H,2,13-14H2,1H3. The summed E-state index contributed by atoms with van der Waals surface area (Å²) in [4.78, 5) is 28.6. The summed E-state index contributed by atoms with van der Waals surface area (Å²) in [6, 6.07) is 18.2. The predicted octanol–water partition coefficient (Wildman–Crippen LogP) is 3.65. The number of carbonyl (C=O) groups is 2. The Morgan fingerprint density at radius 2 is 1.52 bits per heavy atom. The fraction of sp³-hybridized carbons (Fsp3) is 0.250. The molecule has 4 nitrogen and oxygen atoms in total. The fourth-order valence-corrected chi connectivity index (χ4v) is 2.46. The van der Waals surface area contributed by atoms with Crippen LogP contribution in [0.1, 0.15) is 24.5 Å². The van der Waals surface area contributed by atoms with Crippen molar-refractivity contribution in [3.8, 4) is 0 Å². The molecule has 0 amide bonds. The normalized spacial score (nSPS) is 11.4. The second-order valence-electron chi connectivity index (χ2n) is 5.35. The zero-order valence-corrected chi connectivity index (χ0v) is 14.8. The number of benzene rings is 2. The van der Waals surface area contributed by atoms with Crippen molar-refractivity contribution >= 4 is 29.1 Å². The molecular weight excluding hydrogens is 338 g/mol. The van der Waals surface area contributed by atoms with Crippen LogP contribution in [-0.4, -0.2) is 36.0 Å². The summed E-state index contributed by atoms with van der Waals surface area (Å²) in [5.74, 6) is -0.925. The largest absolute Gasteiger partial charge is 0.464 e. The molecule has 0 radical (unpaired) electrons. The smallest absolute Gasteiger partial charge is 0.331 e.